The van der Waals surface area contributed by atoms with E-state index in [-0.39, 0.29) is 30.1 Å². The van der Waals surface area contributed by atoms with Gasteiger partial charge in [-0.3, -0.25) is 0 Å². The van der Waals surface area contributed by atoms with Crippen LogP contribution in [0, 0.1) is 0 Å². The molecule has 0 aromatic carbocycles. The summed E-state index contributed by atoms with van der Waals surface area (Å²) in [6.07, 6.45) is 0. The van der Waals surface area contributed by atoms with E-state index < -0.39 is 23.9 Å². The van der Waals surface area contributed by atoms with Gasteiger partial charge >= 0.3 is 23.9 Å². The number of thiocarbonyl (C=S) groups is 2. The highest BCUT2D eigenvalue weighted by atomic mass is 33.1. The number of carbonyl (C=O) groups excluding carboxylic acids is 4. The highest BCUT2D eigenvalue weighted by molar-refractivity contribution is 8.90. The second kappa shape index (κ2) is 18.1. The Bertz CT molecular complexity index is 1140. The van der Waals surface area contributed by atoms with E-state index in [0.717, 1.165) is 56.9 Å². The largest absolute Gasteiger partial charge is 0.465 e. The minimum Gasteiger partial charge on any atom is -0.465 e. The predicted octanol–water partition coefficient (Wildman–Crippen LogP) is 7.72. The Morgan fingerprint density at radius 2 is 0.786 bits per heavy atom. The zero-order valence-corrected chi connectivity index (χ0v) is 31.7. The third kappa shape index (κ3) is 10.2. The molecule has 0 aliphatic carbocycles. The van der Waals surface area contributed by atoms with Gasteiger partial charge in [0, 0.05) is 10.5 Å². The maximum Gasteiger partial charge on any atom is 0.346 e. The molecular formula is C24H26O8S10. The van der Waals surface area contributed by atoms with E-state index in [1.54, 1.807) is 0 Å². The Morgan fingerprint density at radius 3 is 0.976 bits per heavy atom. The van der Waals surface area contributed by atoms with Crippen LogP contribution in [-0.4, -0.2) is 71.2 Å². The smallest absolute Gasteiger partial charge is 0.346 e. The van der Waals surface area contributed by atoms with Gasteiger partial charge < -0.3 is 18.9 Å². The van der Waals surface area contributed by atoms with Gasteiger partial charge in [0.1, 0.15) is 19.6 Å². The summed E-state index contributed by atoms with van der Waals surface area (Å²) in [5.74, 6) is -2.53. The second-order valence-corrected chi connectivity index (χ2v) is 19.3. The van der Waals surface area contributed by atoms with Gasteiger partial charge in [-0.05, 0) is 21.6 Å². The van der Waals surface area contributed by atoms with Gasteiger partial charge in [-0.2, -0.15) is 0 Å². The summed E-state index contributed by atoms with van der Waals surface area (Å²) in [5, 5.41) is 0.293. The Hall–Kier alpha value is -0.180. The molecule has 0 aromatic heterocycles. The lowest BCUT2D eigenvalue weighted by Crippen LogP contribution is -2.08. The molecule has 0 spiro atoms. The number of rotatable bonds is 10. The topological polar surface area (TPSA) is 105 Å². The first-order chi connectivity index (χ1) is 19.8. The molecule has 0 unspecified atom stereocenters. The molecule has 2 heterocycles. The maximum absolute atomic E-state index is 12.4. The summed E-state index contributed by atoms with van der Waals surface area (Å²) >= 11 is 19.2. The van der Waals surface area contributed by atoms with Crippen LogP contribution >= 0.6 is 117 Å². The van der Waals surface area contributed by atoms with Crippen LogP contribution in [0.3, 0.4) is 0 Å². The van der Waals surface area contributed by atoms with Crippen LogP contribution in [0.1, 0.15) is 27.7 Å². The average molecular weight is 763 g/mol. The first-order valence-corrected chi connectivity index (χ1v) is 19.6. The fraction of sp³-hybridized carbons (Fsp3) is 0.417. The lowest BCUT2D eigenvalue weighted by atomic mass is 10.5. The van der Waals surface area contributed by atoms with E-state index in [4.69, 9.17) is 43.4 Å². The summed E-state index contributed by atoms with van der Waals surface area (Å²) in [4.78, 5) is 51.6. The number of hydrogen-bond donors (Lipinski definition) is 0. The number of thioether (sulfide) groups is 6. The molecule has 0 fully saturated rings. The molecule has 0 saturated carbocycles. The van der Waals surface area contributed by atoms with Gasteiger partial charge in [-0.1, -0.05) is 99.2 Å². The Balaban J connectivity index is 2.37. The van der Waals surface area contributed by atoms with Gasteiger partial charge in [0.05, 0.1) is 55.1 Å². The van der Waals surface area contributed by atoms with Crippen molar-refractivity contribution in [1.82, 2.24) is 0 Å². The molecule has 0 atom stereocenters. The number of ether oxygens (including phenoxy) is 4. The van der Waals surface area contributed by atoms with Crippen molar-refractivity contribution in [1.29, 1.82) is 0 Å². The maximum atomic E-state index is 12.4. The van der Waals surface area contributed by atoms with Gasteiger partial charge in [-0.25, -0.2) is 19.2 Å². The molecule has 2 rings (SSSR count). The number of carbonyl (C=O) groups is 4. The molecule has 0 amide bonds. The van der Waals surface area contributed by atoms with Gasteiger partial charge in [0.2, 0.25) is 0 Å². The normalized spacial score (nSPS) is 14.9. The van der Waals surface area contributed by atoms with Crippen molar-refractivity contribution < 1.29 is 38.1 Å². The molecule has 2 aliphatic rings. The zero-order chi connectivity index (χ0) is 31.7. The van der Waals surface area contributed by atoms with E-state index in [9.17, 15) is 19.2 Å². The van der Waals surface area contributed by atoms with E-state index in [1.165, 1.54) is 73.6 Å². The molecule has 0 N–H and O–H groups in total. The highest BCUT2D eigenvalue weighted by Gasteiger charge is 2.37. The van der Waals surface area contributed by atoms with E-state index in [0.29, 0.717) is 16.9 Å². The first-order valence-electron chi connectivity index (χ1n) is 11.6. The van der Waals surface area contributed by atoms with Crippen LogP contribution in [0.15, 0.2) is 37.9 Å². The zero-order valence-electron chi connectivity index (χ0n) is 23.5. The Morgan fingerprint density at radius 1 is 0.548 bits per heavy atom. The van der Waals surface area contributed by atoms with Crippen LogP contribution in [0.2, 0.25) is 0 Å². The third-order valence-electron chi connectivity index (χ3n) is 4.32. The monoisotopic (exact) mass is 762 g/mol. The molecule has 18 heteroatoms. The molecular weight excluding hydrogens is 737 g/mol. The van der Waals surface area contributed by atoms with Crippen molar-refractivity contribution >= 4 is 149 Å². The minimum absolute atomic E-state index is 0.146. The van der Waals surface area contributed by atoms with Gasteiger partial charge in [0.25, 0.3) is 0 Å². The SMILES string of the molecule is COC(=O)C1=C(C(=O)OC)SC(=C(SC(C)C)C(=S)SSC(=S)C(SC(C)C)=C2SC(C(=O)OC)=C(C(=O)OC)S2)S1. The van der Waals surface area contributed by atoms with Crippen molar-refractivity contribution in [3.05, 3.63) is 37.9 Å². The second-order valence-electron chi connectivity index (χ2n) is 8.00. The van der Waals surface area contributed by atoms with Crippen molar-refractivity contribution in [2.45, 2.75) is 38.2 Å². The van der Waals surface area contributed by atoms with Gasteiger partial charge in [-0.15, -0.1) is 23.5 Å². The molecule has 42 heavy (non-hydrogen) atoms. The molecule has 0 bridgehead atoms. The van der Waals surface area contributed by atoms with E-state index in [2.05, 4.69) is 0 Å². The standard InChI is InChI=1S/C24H26O8S10/c1-9(2)35-15(23-37-11(17(25)29-5)12(38-23)18(26)30-6)21(33)41-42-22(34)16(36-10(3)4)24-39-13(19(27)31-7)14(40-24)20(28)32-8/h9-10H,1-8H3. The molecule has 0 saturated heterocycles. The number of esters is 4. The Kier molecular flexibility index (Phi) is 16.4. The summed E-state index contributed by atoms with van der Waals surface area (Å²) < 4.78 is 21.9. The molecule has 0 aromatic rings. The third-order valence-corrected chi connectivity index (χ3v) is 16.3. The lowest BCUT2D eigenvalue weighted by molar-refractivity contribution is -0.138. The molecule has 8 nitrogen and oxygen atoms in total. The highest BCUT2D eigenvalue weighted by Crippen LogP contribution is 2.56. The van der Waals surface area contributed by atoms with Gasteiger partial charge in [0.15, 0.2) is 0 Å². The lowest BCUT2D eigenvalue weighted by Gasteiger charge is -2.16. The van der Waals surface area contributed by atoms with Crippen molar-refractivity contribution in [2.24, 2.45) is 0 Å². The average Bonchev–Trinajstić information content (AvgIpc) is 3.61. The Labute approximate surface area is 289 Å². The fourth-order valence-electron chi connectivity index (χ4n) is 2.67. The summed E-state index contributed by atoms with van der Waals surface area (Å²) in [6, 6.07) is 0. The van der Waals surface area contributed by atoms with Crippen LogP contribution in [0.4, 0.5) is 0 Å². The predicted molar refractivity (Wildman–Crippen MR) is 192 cm³/mol. The number of methoxy groups -OCH3 is 4. The van der Waals surface area contributed by atoms with Crippen LogP contribution in [-0.2, 0) is 38.1 Å². The fourth-order valence-corrected chi connectivity index (χ4v) is 13.7. The molecule has 230 valence electrons. The summed E-state index contributed by atoms with van der Waals surface area (Å²) in [7, 11) is 7.55. The van der Waals surface area contributed by atoms with E-state index >= 15 is 0 Å². The van der Waals surface area contributed by atoms with Crippen LogP contribution in [0.5, 0.6) is 0 Å². The van der Waals surface area contributed by atoms with Crippen molar-refractivity contribution in [3.63, 3.8) is 0 Å². The minimum atomic E-state index is -0.634. The summed E-state index contributed by atoms with van der Waals surface area (Å²) in [5.41, 5.74) is 0. The number of hydrogen-bond acceptors (Lipinski definition) is 18. The van der Waals surface area contributed by atoms with E-state index in [1.807, 2.05) is 27.7 Å². The van der Waals surface area contributed by atoms with Crippen LogP contribution < -0.4 is 0 Å². The first kappa shape index (κ1) is 38.0. The quantitative estimate of drug-likeness (QED) is 0.0712. The van der Waals surface area contributed by atoms with Crippen molar-refractivity contribution in [2.75, 3.05) is 28.4 Å². The molecule has 2 aliphatic heterocycles. The van der Waals surface area contributed by atoms with Crippen LogP contribution in [0.25, 0.3) is 0 Å². The molecule has 0 radical (unpaired) electrons. The summed E-state index contributed by atoms with van der Waals surface area (Å²) in [6.45, 7) is 8.05. The van der Waals surface area contributed by atoms with Crippen molar-refractivity contribution in [3.8, 4) is 0 Å².